The van der Waals surface area contributed by atoms with Crippen molar-refractivity contribution in [1.82, 2.24) is 9.97 Å². The number of esters is 1. The highest BCUT2D eigenvalue weighted by Crippen LogP contribution is 2.51. The number of aromatic nitrogens is 2. The van der Waals surface area contributed by atoms with Crippen LogP contribution in [0, 0.1) is 0 Å². The third-order valence-corrected chi connectivity index (χ3v) is 5.60. The fourth-order valence-corrected chi connectivity index (χ4v) is 4.21. The number of hydrogen-bond donors (Lipinski definition) is 4. The Morgan fingerprint density at radius 3 is 2.63 bits per heavy atom. The van der Waals surface area contributed by atoms with Crippen molar-refractivity contribution in [1.29, 1.82) is 0 Å². The lowest BCUT2D eigenvalue weighted by atomic mass is 9.82. The molecule has 152 valence electrons. The van der Waals surface area contributed by atoms with Gasteiger partial charge in [0.1, 0.15) is 12.4 Å². The molecule has 0 saturated heterocycles. The zero-order chi connectivity index (χ0) is 20.8. The number of aromatic hydroxyl groups is 2. The summed E-state index contributed by atoms with van der Waals surface area (Å²) in [5.41, 5.74) is 4.03. The van der Waals surface area contributed by atoms with Crippen LogP contribution in [0.25, 0.3) is 22.0 Å². The van der Waals surface area contributed by atoms with E-state index in [4.69, 9.17) is 9.47 Å². The van der Waals surface area contributed by atoms with Crippen molar-refractivity contribution in [3.05, 3.63) is 65.4 Å². The summed E-state index contributed by atoms with van der Waals surface area (Å²) in [6.45, 7) is 0.138. The first kappa shape index (κ1) is 18.2. The van der Waals surface area contributed by atoms with Crippen molar-refractivity contribution in [2.45, 2.75) is 18.9 Å². The van der Waals surface area contributed by atoms with Crippen molar-refractivity contribution in [3.63, 3.8) is 0 Å². The van der Waals surface area contributed by atoms with Gasteiger partial charge in [-0.15, -0.1) is 0 Å². The number of aromatic amines is 2. The van der Waals surface area contributed by atoms with Gasteiger partial charge in [-0.2, -0.15) is 0 Å². The Kier molecular flexibility index (Phi) is 4.17. The average Bonchev–Trinajstić information content (AvgIpc) is 3.27. The zero-order valence-corrected chi connectivity index (χ0v) is 16.2. The molecule has 5 rings (SSSR count). The number of carbonyl (C=O) groups excluding carboxylic acids is 1. The number of rotatable bonds is 4. The van der Waals surface area contributed by atoms with Crippen LogP contribution >= 0.6 is 0 Å². The highest BCUT2D eigenvalue weighted by molar-refractivity contribution is 6.03. The Labute approximate surface area is 171 Å². The molecule has 4 aromatic rings. The van der Waals surface area contributed by atoms with Crippen LogP contribution in [0.1, 0.15) is 22.7 Å². The topological polar surface area (TPSA) is 108 Å². The van der Waals surface area contributed by atoms with Crippen molar-refractivity contribution in [2.75, 3.05) is 7.11 Å². The molecule has 7 nitrogen and oxygen atoms in total. The second-order valence-corrected chi connectivity index (χ2v) is 7.35. The van der Waals surface area contributed by atoms with Crippen LogP contribution in [0.3, 0.4) is 0 Å². The molecule has 0 bridgehead atoms. The molecule has 1 aliphatic rings. The average molecular weight is 404 g/mol. The zero-order valence-electron chi connectivity index (χ0n) is 16.2. The number of carbonyl (C=O) groups is 1. The van der Waals surface area contributed by atoms with E-state index in [1.165, 1.54) is 0 Å². The lowest BCUT2D eigenvalue weighted by Gasteiger charge is -2.22. The summed E-state index contributed by atoms with van der Waals surface area (Å²) >= 11 is 0. The summed E-state index contributed by atoms with van der Waals surface area (Å²) in [5.74, 6) is -0.950. The number of hydrogen-bond acceptors (Lipinski definition) is 5. The third-order valence-electron chi connectivity index (χ3n) is 5.60. The standard InChI is InChI=1S/C23H20N2O5/c1-29-13-7-8-16-14(9-13)18-17(24-16)10-15(19-20(18)22(27)25-21(19)26)23(28)30-11-12-5-3-2-4-6-12/h2-9,15,24-27H,10-11H2,1H3/t15-/m1/s1. The minimum absolute atomic E-state index is 0.138. The van der Waals surface area contributed by atoms with Crippen LogP contribution in [-0.4, -0.2) is 33.3 Å². The molecule has 0 fully saturated rings. The van der Waals surface area contributed by atoms with Gasteiger partial charge in [0, 0.05) is 34.1 Å². The van der Waals surface area contributed by atoms with Gasteiger partial charge in [0.05, 0.1) is 18.6 Å². The van der Waals surface area contributed by atoms with E-state index in [-0.39, 0.29) is 18.4 Å². The summed E-state index contributed by atoms with van der Waals surface area (Å²) in [7, 11) is 1.59. The molecule has 0 spiro atoms. The van der Waals surface area contributed by atoms with Crippen LogP contribution in [0.15, 0.2) is 48.5 Å². The van der Waals surface area contributed by atoms with E-state index in [9.17, 15) is 15.0 Å². The number of ether oxygens (including phenoxy) is 2. The van der Waals surface area contributed by atoms with E-state index >= 15 is 0 Å². The van der Waals surface area contributed by atoms with E-state index in [1.807, 2.05) is 48.5 Å². The van der Waals surface area contributed by atoms with Gasteiger partial charge in [-0.3, -0.25) is 9.78 Å². The van der Waals surface area contributed by atoms with Gasteiger partial charge in [-0.1, -0.05) is 30.3 Å². The molecule has 0 amide bonds. The Bertz CT molecular complexity index is 1260. The van der Waals surface area contributed by atoms with E-state index in [0.717, 1.165) is 27.7 Å². The molecular formula is C23H20N2O5. The summed E-state index contributed by atoms with van der Waals surface area (Å²) < 4.78 is 10.9. The summed E-state index contributed by atoms with van der Waals surface area (Å²) in [6.07, 6.45) is 0.317. The van der Waals surface area contributed by atoms with E-state index in [1.54, 1.807) is 7.11 Å². The Balaban J connectivity index is 1.56. The normalized spacial score (nSPS) is 14.9. The number of H-pyrrole nitrogens is 2. The van der Waals surface area contributed by atoms with Gasteiger partial charge in [0.15, 0.2) is 11.8 Å². The Morgan fingerprint density at radius 1 is 1.07 bits per heavy atom. The predicted octanol–water partition coefficient (Wildman–Crippen LogP) is 3.97. The smallest absolute Gasteiger partial charge is 0.314 e. The van der Waals surface area contributed by atoms with E-state index < -0.39 is 11.9 Å². The molecule has 0 unspecified atom stereocenters. The summed E-state index contributed by atoms with van der Waals surface area (Å²) in [5, 5.41) is 21.8. The molecule has 1 aliphatic carbocycles. The van der Waals surface area contributed by atoms with Crippen LogP contribution in [-0.2, 0) is 22.6 Å². The molecule has 0 radical (unpaired) electrons. The van der Waals surface area contributed by atoms with Crippen molar-refractivity contribution in [3.8, 4) is 28.6 Å². The monoisotopic (exact) mass is 404 g/mol. The van der Waals surface area contributed by atoms with Gasteiger partial charge in [0.25, 0.3) is 0 Å². The largest absolute Gasteiger partial charge is 0.497 e. The van der Waals surface area contributed by atoms with Gasteiger partial charge < -0.3 is 24.7 Å². The van der Waals surface area contributed by atoms with Crippen LogP contribution in [0.4, 0.5) is 0 Å². The fourth-order valence-electron chi connectivity index (χ4n) is 4.21. The molecule has 1 atom stereocenters. The number of benzene rings is 2. The van der Waals surface area contributed by atoms with E-state index in [2.05, 4.69) is 9.97 Å². The number of fused-ring (bicyclic) bond motifs is 5. The Morgan fingerprint density at radius 2 is 1.87 bits per heavy atom. The van der Waals surface area contributed by atoms with Crippen molar-refractivity contribution in [2.24, 2.45) is 0 Å². The fraction of sp³-hybridized carbons (Fsp3) is 0.174. The number of nitrogens with one attached hydrogen (secondary N) is 2. The van der Waals surface area contributed by atoms with Crippen molar-refractivity contribution >= 4 is 16.9 Å². The van der Waals surface area contributed by atoms with Gasteiger partial charge in [0.2, 0.25) is 0 Å². The van der Waals surface area contributed by atoms with Gasteiger partial charge >= 0.3 is 5.97 Å². The molecule has 2 aromatic heterocycles. The predicted molar refractivity (Wildman–Crippen MR) is 111 cm³/mol. The molecule has 0 aliphatic heterocycles. The highest BCUT2D eigenvalue weighted by atomic mass is 16.5. The molecular weight excluding hydrogens is 384 g/mol. The molecule has 30 heavy (non-hydrogen) atoms. The molecule has 4 N–H and O–H groups in total. The first-order valence-electron chi connectivity index (χ1n) is 9.60. The molecule has 7 heteroatoms. The molecule has 2 heterocycles. The van der Waals surface area contributed by atoms with Gasteiger partial charge in [-0.25, -0.2) is 0 Å². The molecule has 2 aromatic carbocycles. The summed E-state index contributed by atoms with van der Waals surface area (Å²) in [4.78, 5) is 18.9. The van der Waals surface area contributed by atoms with E-state index in [0.29, 0.717) is 23.3 Å². The lowest BCUT2D eigenvalue weighted by Crippen LogP contribution is -2.21. The second-order valence-electron chi connectivity index (χ2n) is 7.35. The minimum atomic E-state index is -0.747. The highest BCUT2D eigenvalue weighted by Gasteiger charge is 2.39. The van der Waals surface area contributed by atoms with Gasteiger partial charge in [-0.05, 0) is 23.8 Å². The Hall–Kier alpha value is -3.87. The first-order chi connectivity index (χ1) is 14.6. The lowest BCUT2D eigenvalue weighted by molar-refractivity contribution is -0.146. The quantitative estimate of drug-likeness (QED) is 0.385. The maximum atomic E-state index is 13.0. The van der Waals surface area contributed by atoms with Crippen LogP contribution < -0.4 is 4.74 Å². The maximum absolute atomic E-state index is 13.0. The van der Waals surface area contributed by atoms with Crippen molar-refractivity contribution < 1.29 is 24.5 Å². The maximum Gasteiger partial charge on any atom is 0.314 e. The third kappa shape index (κ3) is 2.78. The SMILES string of the molecule is COc1ccc2[nH]c3c(c2c1)-c1c(O)[nH]c(O)c1[C@H](C(=O)OCc1ccccc1)C3. The number of methoxy groups -OCH3 is 1. The van der Waals surface area contributed by atoms with Crippen LogP contribution in [0.2, 0.25) is 0 Å². The minimum Gasteiger partial charge on any atom is -0.497 e. The summed E-state index contributed by atoms with van der Waals surface area (Å²) in [6, 6.07) is 15.0. The van der Waals surface area contributed by atoms with Crippen LogP contribution in [0.5, 0.6) is 17.5 Å². The second kappa shape index (κ2) is 6.88. The first-order valence-corrected chi connectivity index (χ1v) is 9.60. The molecule has 0 saturated carbocycles.